The van der Waals surface area contributed by atoms with Crippen LogP contribution in [0, 0.1) is 0 Å². The molecule has 0 radical (unpaired) electrons. The summed E-state index contributed by atoms with van der Waals surface area (Å²) in [5.74, 6) is 0. The molecule has 16 heavy (non-hydrogen) atoms. The molecule has 3 rings (SSSR count). The largest absolute Gasteiger partial charge is 0.390 e. The van der Waals surface area contributed by atoms with E-state index in [2.05, 4.69) is 27.1 Å². The van der Waals surface area contributed by atoms with Crippen LogP contribution in [0.4, 0.5) is 0 Å². The van der Waals surface area contributed by atoms with Crippen molar-refractivity contribution < 1.29 is 5.11 Å². The van der Waals surface area contributed by atoms with Crippen molar-refractivity contribution in [1.29, 1.82) is 0 Å². The van der Waals surface area contributed by atoms with Crippen molar-refractivity contribution in [2.45, 2.75) is 24.9 Å². The molecular weight excluding hydrogens is 268 g/mol. The van der Waals surface area contributed by atoms with Crippen LogP contribution in [0.5, 0.6) is 0 Å². The second-order valence-electron chi connectivity index (χ2n) is 4.63. The lowest BCUT2D eigenvalue weighted by Crippen LogP contribution is -2.11. The first-order chi connectivity index (χ1) is 7.59. The van der Waals surface area contributed by atoms with Crippen LogP contribution in [0.2, 0.25) is 0 Å². The molecule has 0 saturated heterocycles. The number of fused-ring (bicyclic) bond motifs is 1. The van der Waals surface area contributed by atoms with Gasteiger partial charge in [-0.15, -0.1) is 0 Å². The van der Waals surface area contributed by atoms with Crippen molar-refractivity contribution in [3.63, 3.8) is 0 Å². The van der Waals surface area contributed by atoms with Crippen LogP contribution in [-0.4, -0.2) is 20.5 Å². The van der Waals surface area contributed by atoms with Crippen molar-refractivity contribution in [3.05, 3.63) is 28.4 Å². The van der Waals surface area contributed by atoms with Crippen LogP contribution in [0.15, 0.2) is 22.8 Å². The molecule has 1 heterocycles. The second kappa shape index (κ2) is 3.31. The Hall–Kier alpha value is -0.870. The number of hydrogen-bond acceptors (Lipinski definition) is 2. The smallest absolute Gasteiger partial charge is 0.135 e. The number of halogens is 1. The predicted octanol–water partition coefficient (Wildman–Crippen LogP) is 2.40. The van der Waals surface area contributed by atoms with Crippen molar-refractivity contribution >= 4 is 26.8 Å². The number of aromatic nitrogens is 2. The summed E-state index contributed by atoms with van der Waals surface area (Å²) in [5.41, 5.74) is 1.85. The number of hydrogen-bond donors (Lipinski definition) is 1. The maximum atomic E-state index is 10.00. The molecule has 1 fully saturated rings. The topological polar surface area (TPSA) is 38.0 Å². The first kappa shape index (κ1) is 10.3. The van der Waals surface area contributed by atoms with E-state index in [9.17, 15) is 5.11 Å². The van der Waals surface area contributed by atoms with Crippen molar-refractivity contribution in [2.24, 2.45) is 7.05 Å². The minimum Gasteiger partial charge on any atom is -0.390 e. The zero-order valence-electron chi connectivity index (χ0n) is 9.07. The van der Waals surface area contributed by atoms with E-state index in [0.717, 1.165) is 34.8 Å². The summed E-state index contributed by atoms with van der Waals surface area (Å²) in [6.07, 6.45) is 2.57. The number of aliphatic hydroxyl groups is 1. The molecule has 1 aliphatic carbocycles. The van der Waals surface area contributed by atoms with Crippen LogP contribution in [0.25, 0.3) is 10.9 Å². The van der Waals surface area contributed by atoms with Gasteiger partial charge in [-0.05, 0) is 34.3 Å². The van der Waals surface area contributed by atoms with Gasteiger partial charge >= 0.3 is 0 Å². The van der Waals surface area contributed by atoms with E-state index in [-0.39, 0.29) is 0 Å². The normalized spacial score (nSPS) is 17.9. The van der Waals surface area contributed by atoms with Gasteiger partial charge in [0, 0.05) is 18.9 Å². The van der Waals surface area contributed by atoms with E-state index in [0.29, 0.717) is 0 Å². The highest BCUT2D eigenvalue weighted by molar-refractivity contribution is 9.10. The summed E-state index contributed by atoms with van der Waals surface area (Å²) in [7, 11) is 1.94. The molecule has 1 saturated carbocycles. The fourth-order valence-electron chi connectivity index (χ4n) is 2.19. The van der Waals surface area contributed by atoms with E-state index in [1.165, 1.54) is 5.56 Å². The molecule has 4 heteroatoms. The Kier molecular flexibility index (Phi) is 2.13. The van der Waals surface area contributed by atoms with Crippen LogP contribution < -0.4 is 0 Å². The lowest BCUT2D eigenvalue weighted by atomic mass is 10.0. The number of nitrogens with zero attached hydrogens (tertiary/aromatic N) is 2. The standard InChI is InChI=1S/C12H13BrN2O/c1-15-10-8(7-12(16)5-6-12)3-2-4-9(10)11(13)14-15/h2-4,16H,5-7H2,1H3. The molecule has 0 amide bonds. The molecule has 0 spiro atoms. The van der Waals surface area contributed by atoms with E-state index in [1.54, 1.807) is 0 Å². The molecular formula is C12H13BrN2O. The number of aryl methyl sites for hydroxylation is 1. The third kappa shape index (κ3) is 1.57. The fraction of sp³-hybridized carbons (Fsp3) is 0.417. The lowest BCUT2D eigenvalue weighted by molar-refractivity contribution is 0.151. The Bertz CT molecular complexity index is 557. The number of rotatable bonds is 2. The highest BCUT2D eigenvalue weighted by Gasteiger charge is 2.40. The van der Waals surface area contributed by atoms with Gasteiger partial charge in [0.25, 0.3) is 0 Å². The Morgan fingerprint density at radius 3 is 2.94 bits per heavy atom. The highest BCUT2D eigenvalue weighted by Crippen LogP contribution is 2.39. The first-order valence-corrected chi connectivity index (χ1v) is 6.21. The molecule has 0 aliphatic heterocycles. The molecule has 0 unspecified atom stereocenters. The van der Waals surface area contributed by atoms with Crippen LogP contribution in [0.3, 0.4) is 0 Å². The molecule has 1 aromatic heterocycles. The Morgan fingerprint density at radius 1 is 1.50 bits per heavy atom. The fourth-order valence-corrected chi connectivity index (χ4v) is 2.75. The average molecular weight is 281 g/mol. The van der Waals surface area contributed by atoms with E-state index in [4.69, 9.17) is 0 Å². The second-order valence-corrected chi connectivity index (χ2v) is 5.38. The van der Waals surface area contributed by atoms with Crippen LogP contribution in [0.1, 0.15) is 18.4 Å². The summed E-state index contributed by atoms with van der Waals surface area (Å²) in [4.78, 5) is 0. The molecule has 3 nitrogen and oxygen atoms in total. The Morgan fingerprint density at radius 2 is 2.25 bits per heavy atom. The van der Waals surface area contributed by atoms with Gasteiger partial charge in [-0.25, -0.2) is 0 Å². The van der Waals surface area contributed by atoms with Gasteiger partial charge < -0.3 is 5.11 Å². The van der Waals surface area contributed by atoms with Crippen molar-refractivity contribution in [1.82, 2.24) is 9.78 Å². The maximum Gasteiger partial charge on any atom is 0.135 e. The summed E-state index contributed by atoms with van der Waals surface area (Å²) in [6.45, 7) is 0. The van der Waals surface area contributed by atoms with Crippen LogP contribution in [-0.2, 0) is 13.5 Å². The summed E-state index contributed by atoms with van der Waals surface area (Å²) in [5, 5.41) is 15.5. The highest BCUT2D eigenvalue weighted by atomic mass is 79.9. The van der Waals surface area contributed by atoms with Gasteiger partial charge in [0.2, 0.25) is 0 Å². The maximum absolute atomic E-state index is 10.00. The van der Waals surface area contributed by atoms with E-state index >= 15 is 0 Å². The molecule has 1 aliphatic rings. The van der Waals surface area contributed by atoms with Gasteiger partial charge in [0.1, 0.15) is 4.60 Å². The third-order valence-electron chi connectivity index (χ3n) is 3.25. The van der Waals surface area contributed by atoms with Gasteiger partial charge in [-0.3, -0.25) is 4.68 Å². The first-order valence-electron chi connectivity index (χ1n) is 5.42. The van der Waals surface area contributed by atoms with Crippen molar-refractivity contribution in [3.8, 4) is 0 Å². The molecule has 1 N–H and O–H groups in total. The van der Waals surface area contributed by atoms with Gasteiger partial charge in [0.05, 0.1) is 11.1 Å². The monoisotopic (exact) mass is 280 g/mol. The molecule has 2 aromatic rings. The summed E-state index contributed by atoms with van der Waals surface area (Å²) >= 11 is 3.45. The lowest BCUT2D eigenvalue weighted by Gasteiger charge is -2.09. The van der Waals surface area contributed by atoms with Gasteiger partial charge in [0.15, 0.2) is 0 Å². The van der Waals surface area contributed by atoms with Crippen molar-refractivity contribution in [2.75, 3.05) is 0 Å². The predicted molar refractivity (Wildman–Crippen MR) is 66.3 cm³/mol. The molecule has 84 valence electrons. The summed E-state index contributed by atoms with van der Waals surface area (Å²) < 4.78 is 2.75. The zero-order chi connectivity index (χ0) is 11.3. The van der Waals surface area contributed by atoms with E-state index < -0.39 is 5.60 Å². The average Bonchev–Trinajstić information content (AvgIpc) is 2.87. The number of para-hydroxylation sites is 1. The minimum absolute atomic E-state index is 0.453. The molecule has 0 bridgehead atoms. The summed E-state index contributed by atoms with van der Waals surface area (Å²) in [6, 6.07) is 6.15. The quantitative estimate of drug-likeness (QED) is 0.918. The zero-order valence-corrected chi connectivity index (χ0v) is 10.7. The molecule has 1 aromatic carbocycles. The van der Waals surface area contributed by atoms with Crippen LogP contribution >= 0.6 is 15.9 Å². The Labute approximate surface area is 102 Å². The SMILES string of the molecule is Cn1nc(Br)c2cccc(CC3(O)CC3)c21. The van der Waals surface area contributed by atoms with E-state index in [1.807, 2.05) is 23.9 Å². The Balaban J connectivity index is 2.16. The number of benzene rings is 1. The minimum atomic E-state index is -0.453. The van der Waals surface area contributed by atoms with Gasteiger partial charge in [-0.2, -0.15) is 5.10 Å². The third-order valence-corrected chi connectivity index (χ3v) is 3.84. The van der Waals surface area contributed by atoms with Gasteiger partial charge in [-0.1, -0.05) is 18.2 Å². The molecule has 0 atom stereocenters.